The van der Waals surface area contributed by atoms with Gasteiger partial charge in [-0.15, -0.1) is 0 Å². The predicted octanol–water partition coefficient (Wildman–Crippen LogP) is 0.794. The van der Waals surface area contributed by atoms with E-state index >= 15 is 0 Å². The van der Waals surface area contributed by atoms with Crippen molar-refractivity contribution in [3.8, 4) is 11.8 Å². The summed E-state index contributed by atoms with van der Waals surface area (Å²) in [6.07, 6.45) is 1.71. The molecule has 5 nitrogen and oxygen atoms in total. The van der Waals surface area contributed by atoms with Gasteiger partial charge in [-0.3, -0.25) is 15.1 Å². The Bertz CT molecular complexity index is 738. The number of urea groups is 1. The third-order valence-corrected chi connectivity index (χ3v) is 2.77. The van der Waals surface area contributed by atoms with Gasteiger partial charge < -0.3 is 5.32 Å². The molecule has 0 spiro atoms. The molecule has 1 unspecified atom stereocenters. The van der Waals surface area contributed by atoms with Gasteiger partial charge in [0.25, 0.3) is 5.91 Å². The quantitative estimate of drug-likeness (QED) is 0.537. The fourth-order valence-electron chi connectivity index (χ4n) is 1.88. The molecule has 1 aromatic heterocycles. The molecule has 1 atom stereocenters. The Morgan fingerprint density at radius 1 is 1.16 bits per heavy atom. The first-order chi connectivity index (χ1) is 9.24. The molecule has 1 fully saturated rings. The van der Waals surface area contributed by atoms with E-state index in [1.165, 1.54) is 0 Å². The zero-order valence-electron chi connectivity index (χ0n) is 9.81. The second-order valence-electron chi connectivity index (χ2n) is 4.04. The first kappa shape index (κ1) is 11.2. The van der Waals surface area contributed by atoms with Gasteiger partial charge in [-0.25, -0.2) is 4.79 Å². The SMILES string of the molecule is O=C1NC(=O)C(C#Cc2cccc3ncccc23)N1. The minimum atomic E-state index is -0.792. The number of aromatic nitrogens is 1. The van der Waals surface area contributed by atoms with Crippen molar-refractivity contribution in [1.29, 1.82) is 0 Å². The van der Waals surface area contributed by atoms with Crippen molar-refractivity contribution in [3.05, 3.63) is 42.1 Å². The summed E-state index contributed by atoms with van der Waals surface area (Å²) < 4.78 is 0. The number of imide groups is 1. The number of amides is 3. The van der Waals surface area contributed by atoms with Crippen LogP contribution in [0.4, 0.5) is 4.79 Å². The lowest BCUT2D eigenvalue weighted by Crippen LogP contribution is -2.26. The summed E-state index contributed by atoms with van der Waals surface area (Å²) in [6, 6.07) is 8.04. The molecule has 0 aliphatic carbocycles. The number of hydrogen-bond donors (Lipinski definition) is 2. The fourth-order valence-corrected chi connectivity index (χ4v) is 1.88. The van der Waals surface area contributed by atoms with Crippen molar-refractivity contribution in [2.45, 2.75) is 6.04 Å². The Labute approximate surface area is 109 Å². The van der Waals surface area contributed by atoms with E-state index in [9.17, 15) is 9.59 Å². The van der Waals surface area contributed by atoms with Gasteiger partial charge in [0, 0.05) is 17.1 Å². The Kier molecular flexibility index (Phi) is 2.62. The molecule has 2 heterocycles. The van der Waals surface area contributed by atoms with E-state index < -0.39 is 18.0 Å². The standard InChI is InChI=1S/C14H9N3O2/c18-13-12(16-14(19)17-13)7-6-9-3-1-5-11-10(9)4-2-8-15-11/h1-5,8,12H,(H2,16,17,18,19). The highest BCUT2D eigenvalue weighted by atomic mass is 16.2. The van der Waals surface area contributed by atoms with Crippen LogP contribution in [0.25, 0.3) is 10.9 Å². The summed E-state index contributed by atoms with van der Waals surface area (Å²) in [5.41, 5.74) is 1.62. The Balaban J connectivity index is 1.99. The molecular weight excluding hydrogens is 242 g/mol. The van der Waals surface area contributed by atoms with Crippen molar-refractivity contribution >= 4 is 22.8 Å². The zero-order valence-corrected chi connectivity index (χ0v) is 9.81. The average Bonchev–Trinajstić information content (AvgIpc) is 2.74. The van der Waals surface area contributed by atoms with Crippen LogP contribution in [0.1, 0.15) is 5.56 Å². The number of nitrogens with one attached hydrogen (secondary N) is 2. The molecule has 0 radical (unpaired) electrons. The van der Waals surface area contributed by atoms with Crippen LogP contribution >= 0.6 is 0 Å². The first-order valence-corrected chi connectivity index (χ1v) is 5.71. The normalized spacial score (nSPS) is 17.6. The lowest BCUT2D eigenvalue weighted by molar-refractivity contribution is -0.119. The van der Waals surface area contributed by atoms with Crippen LogP contribution in [0.3, 0.4) is 0 Å². The molecule has 0 saturated carbocycles. The number of pyridine rings is 1. The van der Waals surface area contributed by atoms with E-state index in [2.05, 4.69) is 27.5 Å². The highest BCUT2D eigenvalue weighted by Crippen LogP contribution is 2.15. The molecule has 1 aromatic carbocycles. The van der Waals surface area contributed by atoms with Crippen molar-refractivity contribution in [3.63, 3.8) is 0 Å². The maximum atomic E-state index is 11.4. The van der Waals surface area contributed by atoms with Crippen molar-refractivity contribution < 1.29 is 9.59 Å². The largest absolute Gasteiger partial charge is 0.322 e. The second-order valence-corrected chi connectivity index (χ2v) is 4.04. The molecule has 1 saturated heterocycles. The lowest BCUT2D eigenvalue weighted by atomic mass is 10.1. The van der Waals surface area contributed by atoms with Gasteiger partial charge in [-0.1, -0.05) is 24.0 Å². The summed E-state index contributed by atoms with van der Waals surface area (Å²) in [7, 11) is 0. The van der Waals surface area contributed by atoms with Crippen LogP contribution in [0.15, 0.2) is 36.5 Å². The monoisotopic (exact) mass is 251 g/mol. The van der Waals surface area contributed by atoms with Gasteiger partial charge in [-0.2, -0.15) is 0 Å². The maximum Gasteiger partial charge on any atom is 0.322 e. The van der Waals surface area contributed by atoms with Gasteiger partial charge in [0.05, 0.1) is 5.52 Å². The third kappa shape index (κ3) is 2.11. The second kappa shape index (κ2) is 4.42. The van der Waals surface area contributed by atoms with E-state index in [0.29, 0.717) is 0 Å². The van der Waals surface area contributed by atoms with E-state index in [-0.39, 0.29) is 0 Å². The summed E-state index contributed by atoms with van der Waals surface area (Å²) >= 11 is 0. The molecule has 3 amide bonds. The van der Waals surface area contributed by atoms with Crippen molar-refractivity contribution in [1.82, 2.24) is 15.6 Å². The maximum absolute atomic E-state index is 11.4. The number of nitrogens with zero attached hydrogens (tertiary/aromatic N) is 1. The van der Waals surface area contributed by atoms with E-state index in [0.717, 1.165) is 16.5 Å². The first-order valence-electron chi connectivity index (χ1n) is 5.71. The highest BCUT2D eigenvalue weighted by molar-refractivity contribution is 6.06. The molecule has 92 valence electrons. The van der Waals surface area contributed by atoms with Crippen LogP contribution in [0.2, 0.25) is 0 Å². The number of fused-ring (bicyclic) bond motifs is 1. The van der Waals surface area contributed by atoms with E-state index in [1.54, 1.807) is 6.20 Å². The van der Waals surface area contributed by atoms with Crippen LogP contribution < -0.4 is 10.6 Å². The Morgan fingerprint density at radius 3 is 2.84 bits per heavy atom. The van der Waals surface area contributed by atoms with E-state index in [1.807, 2.05) is 30.3 Å². The predicted molar refractivity (Wildman–Crippen MR) is 69.1 cm³/mol. The molecule has 0 bridgehead atoms. The number of rotatable bonds is 0. The molecule has 2 N–H and O–H groups in total. The summed E-state index contributed by atoms with van der Waals surface area (Å²) in [6.45, 7) is 0. The molecule has 19 heavy (non-hydrogen) atoms. The van der Waals surface area contributed by atoms with Gasteiger partial charge in [0.1, 0.15) is 0 Å². The Hall–Kier alpha value is -2.87. The summed E-state index contributed by atoms with van der Waals surface area (Å²) in [5, 5.41) is 5.49. The van der Waals surface area contributed by atoms with Crippen LogP contribution in [-0.2, 0) is 4.79 Å². The summed E-state index contributed by atoms with van der Waals surface area (Å²) in [4.78, 5) is 26.6. The molecule has 3 rings (SSSR count). The molecular formula is C14H9N3O2. The highest BCUT2D eigenvalue weighted by Gasteiger charge is 2.27. The molecule has 1 aliphatic heterocycles. The van der Waals surface area contributed by atoms with Gasteiger partial charge in [0.15, 0.2) is 6.04 Å². The Morgan fingerprint density at radius 2 is 2.05 bits per heavy atom. The molecule has 5 heteroatoms. The topological polar surface area (TPSA) is 71.1 Å². The minimum Gasteiger partial charge on any atom is -0.316 e. The number of hydrogen-bond acceptors (Lipinski definition) is 3. The van der Waals surface area contributed by atoms with Crippen LogP contribution in [0, 0.1) is 11.8 Å². The average molecular weight is 251 g/mol. The van der Waals surface area contributed by atoms with Gasteiger partial charge >= 0.3 is 6.03 Å². The van der Waals surface area contributed by atoms with Gasteiger partial charge in [-0.05, 0) is 18.2 Å². The van der Waals surface area contributed by atoms with Crippen LogP contribution in [-0.4, -0.2) is 23.0 Å². The summed E-state index contributed by atoms with van der Waals surface area (Å²) in [5.74, 6) is 5.24. The smallest absolute Gasteiger partial charge is 0.316 e. The number of carbonyl (C=O) groups excluding carboxylic acids is 2. The molecule has 2 aromatic rings. The minimum absolute atomic E-state index is 0.420. The van der Waals surface area contributed by atoms with Crippen molar-refractivity contribution in [2.75, 3.05) is 0 Å². The number of carbonyl (C=O) groups is 2. The van der Waals surface area contributed by atoms with Crippen LogP contribution in [0.5, 0.6) is 0 Å². The fraction of sp³-hybridized carbons (Fsp3) is 0.0714. The van der Waals surface area contributed by atoms with Crippen molar-refractivity contribution in [2.24, 2.45) is 0 Å². The third-order valence-electron chi connectivity index (χ3n) is 2.77. The zero-order chi connectivity index (χ0) is 13.2. The lowest BCUT2D eigenvalue weighted by Gasteiger charge is -1.99. The van der Waals surface area contributed by atoms with E-state index in [4.69, 9.17) is 0 Å². The molecule has 1 aliphatic rings. The number of benzene rings is 1. The van der Waals surface area contributed by atoms with Gasteiger partial charge in [0.2, 0.25) is 0 Å².